The first kappa shape index (κ1) is 30.3. The number of halogens is 3. The second-order valence-electron chi connectivity index (χ2n) is 10.8. The SMILES string of the molecule is COc1ccc2nc(C(F)(F)F)n(CC(=O)N3CC[C@H](NCCO)C[C@H]3c3ncc(-c4cc5ccccc5nc4OC)[nH]3)c2c1. The fraction of sp³-hybridized carbons (Fsp3) is 0.355. The molecule has 2 atom stereocenters. The number of para-hydroxylation sites is 1. The predicted octanol–water partition coefficient (Wildman–Crippen LogP) is 4.32. The number of piperidine rings is 1. The van der Waals surface area contributed by atoms with Gasteiger partial charge in [0, 0.05) is 30.6 Å². The Morgan fingerprint density at radius 1 is 1.11 bits per heavy atom. The number of rotatable bonds is 9. The Bertz CT molecular complexity index is 1840. The Morgan fingerprint density at radius 3 is 2.69 bits per heavy atom. The number of alkyl halides is 3. The Hall–Kier alpha value is -4.69. The molecule has 1 saturated heterocycles. The second-order valence-corrected chi connectivity index (χ2v) is 10.8. The molecular formula is C31H32F3N7O4. The molecule has 0 radical (unpaired) electrons. The standard InChI is InChI=1S/C31H32F3N7O4/c1-44-20-7-8-23-25(15-20)41(30(39-23)31(32,33)34)17-27(43)40-11-9-19(35-10-12-42)14-26(40)28-36-16-24(37-28)21-13-18-5-3-4-6-22(18)38-29(21)45-2/h3-8,13,15-16,19,26,35,42H,9-12,14,17H2,1-2H3,(H,36,37)/t19-,26-/m0/s1. The second kappa shape index (κ2) is 12.4. The van der Waals surface area contributed by atoms with E-state index in [1.165, 1.54) is 32.4 Å². The Labute approximate surface area is 256 Å². The number of fused-ring (bicyclic) bond motifs is 2. The lowest BCUT2D eigenvalue weighted by molar-refractivity contribution is -0.148. The van der Waals surface area contributed by atoms with Crippen molar-refractivity contribution in [2.45, 2.75) is 37.6 Å². The number of aromatic nitrogens is 5. The number of methoxy groups -OCH3 is 2. The first-order chi connectivity index (χ1) is 21.7. The number of H-pyrrole nitrogens is 1. The van der Waals surface area contributed by atoms with Crippen molar-refractivity contribution < 1.29 is 32.5 Å². The van der Waals surface area contributed by atoms with Crippen LogP contribution in [0.5, 0.6) is 11.6 Å². The molecule has 0 spiro atoms. The monoisotopic (exact) mass is 623 g/mol. The van der Waals surface area contributed by atoms with Gasteiger partial charge >= 0.3 is 6.18 Å². The lowest BCUT2D eigenvalue weighted by Gasteiger charge is -2.39. The van der Waals surface area contributed by atoms with E-state index in [9.17, 15) is 23.1 Å². The van der Waals surface area contributed by atoms with Crippen molar-refractivity contribution in [2.75, 3.05) is 33.9 Å². The fourth-order valence-electron chi connectivity index (χ4n) is 5.90. The summed E-state index contributed by atoms with van der Waals surface area (Å²) in [6.07, 6.45) is -2.18. The molecule has 1 aliphatic heterocycles. The number of imidazole rings is 2. The largest absolute Gasteiger partial charge is 0.497 e. The van der Waals surface area contributed by atoms with Gasteiger partial charge in [0.2, 0.25) is 17.6 Å². The molecule has 45 heavy (non-hydrogen) atoms. The fourth-order valence-corrected chi connectivity index (χ4v) is 5.90. The van der Waals surface area contributed by atoms with E-state index in [1.807, 2.05) is 30.3 Å². The Balaban J connectivity index is 1.35. The molecule has 4 heterocycles. The van der Waals surface area contributed by atoms with E-state index < -0.39 is 30.5 Å². The maximum atomic E-state index is 14.1. The van der Waals surface area contributed by atoms with Crippen LogP contribution in [-0.2, 0) is 17.5 Å². The van der Waals surface area contributed by atoms with Crippen LogP contribution in [0.1, 0.15) is 30.5 Å². The van der Waals surface area contributed by atoms with Crippen molar-refractivity contribution in [3.8, 4) is 22.9 Å². The summed E-state index contributed by atoms with van der Waals surface area (Å²) in [7, 11) is 2.94. The summed E-state index contributed by atoms with van der Waals surface area (Å²) in [6, 6.07) is 13.3. The molecular weight excluding hydrogens is 591 g/mol. The third kappa shape index (κ3) is 6.02. The number of hydrogen-bond acceptors (Lipinski definition) is 8. The normalized spacial score (nSPS) is 17.2. The van der Waals surface area contributed by atoms with E-state index in [-0.39, 0.29) is 30.2 Å². The van der Waals surface area contributed by atoms with E-state index in [0.29, 0.717) is 48.1 Å². The minimum Gasteiger partial charge on any atom is -0.497 e. The number of carbonyl (C=O) groups is 1. The zero-order chi connectivity index (χ0) is 31.7. The third-order valence-corrected chi connectivity index (χ3v) is 8.05. The van der Waals surface area contributed by atoms with Crippen molar-refractivity contribution in [1.29, 1.82) is 0 Å². The number of nitrogens with one attached hydrogen (secondary N) is 2. The lowest BCUT2D eigenvalue weighted by Crippen LogP contribution is -2.48. The summed E-state index contributed by atoms with van der Waals surface area (Å²) in [6.45, 7) is -0.00609. The number of aliphatic hydroxyl groups is 1. The van der Waals surface area contributed by atoms with Gasteiger partial charge in [-0.05, 0) is 37.1 Å². The van der Waals surface area contributed by atoms with Crippen LogP contribution in [0, 0.1) is 0 Å². The summed E-state index contributed by atoms with van der Waals surface area (Å²) >= 11 is 0. The molecule has 1 fully saturated rings. The number of nitrogens with zero attached hydrogens (tertiary/aromatic N) is 5. The summed E-state index contributed by atoms with van der Waals surface area (Å²) < 4.78 is 54.0. The van der Waals surface area contributed by atoms with Crippen LogP contribution in [0.3, 0.4) is 0 Å². The molecule has 5 aromatic rings. The number of amides is 1. The summed E-state index contributed by atoms with van der Waals surface area (Å²) in [4.78, 5) is 31.8. The molecule has 236 valence electrons. The van der Waals surface area contributed by atoms with Crippen LogP contribution in [0.25, 0.3) is 33.2 Å². The highest BCUT2D eigenvalue weighted by molar-refractivity contribution is 5.85. The van der Waals surface area contributed by atoms with Crippen molar-refractivity contribution in [2.24, 2.45) is 0 Å². The quantitative estimate of drug-likeness (QED) is 0.221. The smallest absolute Gasteiger partial charge is 0.449 e. The Morgan fingerprint density at radius 2 is 1.93 bits per heavy atom. The van der Waals surface area contributed by atoms with E-state index in [0.717, 1.165) is 15.5 Å². The zero-order valence-corrected chi connectivity index (χ0v) is 24.6. The number of ether oxygens (including phenoxy) is 2. The van der Waals surface area contributed by atoms with Crippen LogP contribution < -0.4 is 14.8 Å². The molecule has 2 aromatic carbocycles. The first-order valence-corrected chi connectivity index (χ1v) is 14.4. The van der Waals surface area contributed by atoms with Gasteiger partial charge in [0.15, 0.2) is 0 Å². The van der Waals surface area contributed by atoms with Crippen molar-refractivity contribution >= 4 is 27.8 Å². The molecule has 0 unspecified atom stereocenters. The molecule has 1 amide bonds. The van der Waals surface area contributed by atoms with Crippen molar-refractivity contribution in [3.05, 3.63) is 66.4 Å². The minimum atomic E-state index is -4.78. The molecule has 0 saturated carbocycles. The van der Waals surface area contributed by atoms with E-state index in [1.54, 1.807) is 11.1 Å². The predicted molar refractivity (Wildman–Crippen MR) is 160 cm³/mol. The molecule has 1 aliphatic rings. The third-order valence-electron chi connectivity index (χ3n) is 8.05. The van der Waals surface area contributed by atoms with Crippen LogP contribution in [0.15, 0.2) is 54.7 Å². The summed E-state index contributed by atoms with van der Waals surface area (Å²) in [5.74, 6) is -0.468. The zero-order valence-electron chi connectivity index (χ0n) is 24.6. The number of likely N-dealkylation sites (tertiary alicyclic amines) is 1. The number of benzene rings is 2. The molecule has 14 heteroatoms. The van der Waals surface area contributed by atoms with Crippen LogP contribution in [0.4, 0.5) is 13.2 Å². The van der Waals surface area contributed by atoms with Crippen molar-refractivity contribution in [1.82, 2.24) is 34.7 Å². The van der Waals surface area contributed by atoms with Gasteiger partial charge in [-0.2, -0.15) is 13.2 Å². The summed E-state index contributed by atoms with van der Waals surface area (Å²) in [5.41, 5.74) is 2.30. The van der Waals surface area contributed by atoms with Gasteiger partial charge in [0.25, 0.3) is 0 Å². The summed E-state index contributed by atoms with van der Waals surface area (Å²) in [5, 5.41) is 13.5. The van der Waals surface area contributed by atoms with E-state index in [4.69, 9.17) is 9.47 Å². The maximum absolute atomic E-state index is 14.1. The average Bonchev–Trinajstić information content (AvgIpc) is 3.68. The van der Waals surface area contributed by atoms with E-state index >= 15 is 0 Å². The molecule has 0 bridgehead atoms. The molecule has 11 nitrogen and oxygen atoms in total. The molecule has 3 aromatic heterocycles. The average molecular weight is 624 g/mol. The van der Waals surface area contributed by atoms with Gasteiger partial charge in [-0.15, -0.1) is 0 Å². The van der Waals surface area contributed by atoms with Gasteiger partial charge in [-0.25, -0.2) is 15.0 Å². The Kier molecular flexibility index (Phi) is 8.34. The minimum absolute atomic E-state index is 0.0547. The van der Waals surface area contributed by atoms with Gasteiger partial charge in [-0.1, -0.05) is 18.2 Å². The number of hydrogen-bond donors (Lipinski definition) is 3. The highest BCUT2D eigenvalue weighted by Gasteiger charge is 2.40. The topological polar surface area (TPSA) is 130 Å². The molecule has 3 N–H and O–H groups in total. The van der Waals surface area contributed by atoms with Gasteiger partial charge in [0.1, 0.15) is 18.1 Å². The van der Waals surface area contributed by atoms with Gasteiger partial charge in [0.05, 0.1) is 60.9 Å². The number of aliphatic hydroxyl groups excluding tert-OH is 1. The van der Waals surface area contributed by atoms with Crippen LogP contribution in [-0.4, -0.2) is 80.4 Å². The van der Waals surface area contributed by atoms with Gasteiger partial charge in [-0.3, -0.25) is 4.79 Å². The van der Waals surface area contributed by atoms with Gasteiger partial charge < -0.3 is 34.3 Å². The highest BCUT2D eigenvalue weighted by Crippen LogP contribution is 2.36. The van der Waals surface area contributed by atoms with Crippen LogP contribution in [0.2, 0.25) is 0 Å². The molecule has 0 aliphatic carbocycles. The van der Waals surface area contributed by atoms with Crippen molar-refractivity contribution in [3.63, 3.8) is 0 Å². The van der Waals surface area contributed by atoms with E-state index in [2.05, 4.69) is 25.3 Å². The highest BCUT2D eigenvalue weighted by atomic mass is 19.4. The maximum Gasteiger partial charge on any atom is 0.449 e. The lowest BCUT2D eigenvalue weighted by atomic mass is 9.96. The number of pyridine rings is 1. The number of carbonyl (C=O) groups excluding carboxylic acids is 1. The first-order valence-electron chi connectivity index (χ1n) is 14.4. The van der Waals surface area contributed by atoms with Crippen LogP contribution >= 0.6 is 0 Å². The number of aromatic amines is 1. The molecule has 6 rings (SSSR count).